The van der Waals surface area contributed by atoms with Gasteiger partial charge in [-0.2, -0.15) is 0 Å². The van der Waals surface area contributed by atoms with E-state index in [1.54, 1.807) is 7.11 Å². The predicted molar refractivity (Wildman–Crippen MR) is 80.6 cm³/mol. The van der Waals surface area contributed by atoms with Gasteiger partial charge in [-0.25, -0.2) is 0 Å². The lowest BCUT2D eigenvalue weighted by atomic mass is 9.64. The number of rotatable bonds is 5. The second-order valence-electron chi connectivity index (χ2n) is 7.12. The van der Waals surface area contributed by atoms with Gasteiger partial charge in [-0.15, -0.1) is 0 Å². The number of amides is 1. The van der Waals surface area contributed by atoms with Crippen molar-refractivity contribution in [1.82, 2.24) is 10.6 Å². The molecule has 0 aromatic heterocycles. The second kappa shape index (κ2) is 6.02. The minimum absolute atomic E-state index is 0.0416. The van der Waals surface area contributed by atoms with Crippen molar-refractivity contribution in [3.63, 3.8) is 0 Å². The molecule has 1 aliphatic heterocycles. The van der Waals surface area contributed by atoms with E-state index in [9.17, 15) is 4.79 Å². The van der Waals surface area contributed by atoms with E-state index in [4.69, 9.17) is 4.74 Å². The number of hydrogen-bond acceptors (Lipinski definition) is 3. The molecule has 2 fully saturated rings. The smallest absolute Gasteiger partial charge is 0.227 e. The molecule has 0 radical (unpaired) electrons. The fraction of sp³-hybridized carbons (Fsp3) is 0.938. The molecule has 2 aliphatic rings. The molecule has 0 bridgehead atoms. The molecular formula is C16H30N2O2. The summed E-state index contributed by atoms with van der Waals surface area (Å²) in [5.41, 5.74) is -0.152. The molecule has 20 heavy (non-hydrogen) atoms. The number of hydrogen-bond donors (Lipinski definition) is 2. The van der Waals surface area contributed by atoms with Crippen molar-refractivity contribution >= 4 is 5.91 Å². The minimum Gasteiger partial charge on any atom is -0.381 e. The van der Waals surface area contributed by atoms with Crippen LogP contribution in [0.15, 0.2) is 0 Å². The van der Waals surface area contributed by atoms with Crippen LogP contribution in [0.5, 0.6) is 0 Å². The van der Waals surface area contributed by atoms with E-state index >= 15 is 0 Å². The number of nitrogens with one attached hydrogen (secondary N) is 2. The van der Waals surface area contributed by atoms with Crippen molar-refractivity contribution in [2.45, 2.75) is 65.0 Å². The van der Waals surface area contributed by atoms with E-state index in [-0.39, 0.29) is 28.9 Å². The summed E-state index contributed by atoms with van der Waals surface area (Å²) in [5.74, 6) is 0.249. The number of piperidine rings is 1. The Balaban J connectivity index is 1.99. The standard InChI is InChI=1S/C16H30N2O2/c1-5-7-16(8-6-9-17-11-16)14(19)18-12-10-13(20-4)15(12,2)3/h12-13,17H,5-11H2,1-4H3,(H,18,19). The van der Waals surface area contributed by atoms with Crippen LogP contribution in [-0.2, 0) is 9.53 Å². The molecule has 0 aromatic carbocycles. The van der Waals surface area contributed by atoms with Crippen LogP contribution in [-0.4, -0.2) is 38.3 Å². The Kier molecular flexibility index (Phi) is 4.75. The molecule has 1 amide bonds. The van der Waals surface area contributed by atoms with Gasteiger partial charge < -0.3 is 15.4 Å². The highest BCUT2D eigenvalue weighted by Gasteiger charge is 2.51. The maximum Gasteiger partial charge on any atom is 0.227 e. The first-order valence-electron chi connectivity index (χ1n) is 8.01. The number of carbonyl (C=O) groups excluding carboxylic acids is 1. The zero-order valence-corrected chi connectivity index (χ0v) is 13.4. The summed E-state index contributed by atoms with van der Waals surface area (Å²) in [5, 5.41) is 6.71. The van der Waals surface area contributed by atoms with Gasteiger partial charge in [0.25, 0.3) is 0 Å². The van der Waals surface area contributed by atoms with E-state index < -0.39 is 0 Å². The molecule has 2 rings (SSSR count). The van der Waals surface area contributed by atoms with Crippen molar-refractivity contribution in [3.8, 4) is 0 Å². The van der Waals surface area contributed by atoms with E-state index in [0.717, 1.165) is 45.2 Å². The van der Waals surface area contributed by atoms with Crippen LogP contribution < -0.4 is 10.6 Å². The third kappa shape index (κ3) is 2.73. The highest BCUT2D eigenvalue weighted by atomic mass is 16.5. The lowest BCUT2D eigenvalue weighted by Crippen LogP contribution is -2.64. The van der Waals surface area contributed by atoms with Crippen LogP contribution in [0.3, 0.4) is 0 Å². The van der Waals surface area contributed by atoms with Gasteiger partial charge in [0, 0.05) is 25.1 Å². The molecule has 3 unspecified atom stereocenters. The summed E-state index contributed by atoms with van der Waals surface area (Å²) in [6, 6.07) is 0.246. The van der Waals surface area contributed by atoms with Gasteiger partial charge in [0.1, 0.15) is 0 Å². The molecule has 1 saturated heterocycles. The summed E-state index contributed by atoms with van der Waals surface area (Å²) in [6.45, 7) is 8.40. The molecule has 4 heteroatoms. The monoisotopic (exact) mass is 282 g/mol. The SMILES string of the molecule is CCCC1(C(=O)NC2CC(OC)C2(C)C)CCCNC1. The largest absolute Gasteiger partial charge is 0.381 e. The molecule has 1 aliphatic carbocycles. The van der Waals surface area contributed by atoms with Crippen molar-refractivity contribution < 1.29 is 9.53 Å². The first-order valence-corrected chi connectivity index (χ1v) is 8.01. The Morgan fingerprint density at radius 3 is 2.70 bits per heavy atom. The molecule has 1 saturated carbocycles. The lowest BCUT2D eigenvalue weighted by Gasteiger charge is -2.52. The average Bonchev–Trinajstić information content (AvgIpc) is 2.44. The number of ether oxygens (including phenoxy) is 1. The van der Waals surface area contributed by atoms with Crippen molar-refractivity contribution in [1.29, 1.82) is 0 Å². The fourth-order valence-electron chi connectivity index (χ4n) is 3.81. The second-order valence-corrected chi connectivity index (χ2v) is 7.12. The van der Waals surface area contributed by atoms with Gasteiger partial charge in [0.05, 0.1) is 11.5 Å². The molecule has 116 valence electrons. The Morgan fingerprint density at radius 2 is 2.20 bits per heavy atom. The van der Waals surface area contributed by atoms with Crippen LogP contribution >= 0.6 is 0 Å². The normalized spacial score (nSPS) is 36.2. The van der Waals surface area contributed by atoms with Crippen LogP contribution in [0.25, 0.3) is 0 Å². The van der Waals surface area contributed by atoms with E-state index in [1.807, 2.05) is 0 Å². The Labute approximate surface area is 123 Å². The Hall–Kier alpha value is -0.610. The van der Waals surface area contributed by atoms with Crippen molar-refractivity contribution in [2.75, 3.05) is 20.2 Å². The highest BCUT2D eigenvalue weighted by molar-refractivity contribution is 5.83. The van der Waals surface area contributed by atoms with Gasteiger partial charge in [-0.3, -0.25) is 4.79 Å². The molecule has 0 spiro atoms. The van der Waals surface area contributed by atoms with Crippen LogP contribution in [0.4, 0.5) is 0 Å². The third-order valence-corrected chi connectivity index (χ3v) is 5.45. The molecule has 2 N–H and O–H groups in total. The van der Waals surface area contributed by atoms with E-state index in [2.05, 4.69) is 31.4 Å². The summed E-state index contributed by atoms with van der Waals surface area (Å²) >= 11 is 0. The molecular weight excluding hydrogens is 252 g/mol. The van der Waals surface area contributed by atoms with E-state index in [1.165, 1.54) is 0 Å². The molecule has 3 atom stereocenters. The maximum atomic E-state index is 12.8. The zero-order valence-electron chi connectivity index (χ0n) is 13.4. The highest BCUT2D eigenvalue weighted by Crippen LogP contribution is 2.43. The van der Waals surface area contributed by atoms with Gasteiger partial charge in [0.2, 0.25) is 5.91 Å². The minimum atomic E-state index is -0.193. The van der Waals surface area contributed by atoms with Crippen molar-refractivity contribution in [2.24, 2.45) is 10.8 Å². The summed E-state index contributed by atoms with van der Waals surface area (Å²) < 4.78 is 5.47. The Morgan fingerprint density at radius 1 is 1.45 bits per heavy atom. The van der Waals surface area contributed by atoms with Gasteiger partial charge in [-0.1, -0.05) is 27.2 Å². The summed E-state index contributed by atoms with van der Waals surface area (Å²) in [4.78, 5) is 12.8. The zero-order chi connectivity index (χ0) is 14.8. The molecule has 1 heterocycles. The van der Waals surface area contributed by atoms with Gasteiger partial charge in [-0.05, 0) is 32.2 Å². The lowest BCUT2D eigenvalue weighted by molar-refractivity contribution is -0.143. The van der Waals surface area contributed by atoms with Crippen LogP contribution in [0.2, 0.25) is 0 Å². The quantitative estimate of drug-likeness (QED) is 0.812. The predicted octanol–water partition coefficient (Wildman–Crippen LogP) is 2.09. The van der Waals surface area contributed by atoms with E-state index in [0.29, 0.717) is 0 Å². The third-order valence-electron chi connectivity index (χ3n) is 5.45. The molecule has 4 nitrogen and oxygen atoms in total. The number of methoxy groups -OCH3 is 1. The number of carbonyl (C=O) groups is 1. The van der Waals surface area contributed by atoms with Crippen molar-refractivity contribution in [3.05, 3.63) is 0 Å². The van der Waals surface area contributed by atoms with Gasteiger partial charge in [0.15, 0.2) is 0 Å². The van der Waals surface area contributed by atoms with Gasteiger partial charge >= 0.3 is 0 Å². The first kappa shape index (κ1) is 15.8. The molecule has 0 aromatic rings. The fourth-order valence-corrected chi connectivity index (χ4v) is 3.81. The first-order chi connectivity index (χ1) is 9.46. The van der Waals surface area contributed by atoms with Crippen LogP contribution in [0.1, 0.15) is 52.9 Å². The van der Waals surface area contributed by atoms with Crippen LogP contribution in [0, 0.1) is 10.8 Å². The topological polar surface area (TPSA) is 50.4 Å². The summed E-state index contributed by atoms with van der Waals surface area (Å²) in [7, 11) is 1.76. The Bertz CT molecular complexity index is 343. The maximum absolute atomic E-state index is 12.8. The average molecular weight is 282 g/mol. The summed E-state index contributed by atoms with van der Waals surface area (Å²) in [6.07, 6.45) is 5.35.